The third kappa shape index (κ3) is 2.52. The van der Waals surface area contributed by atoms with E-state index in [1.807, 2.05) is 53.1 Å². The summed E-state index contributed by atoms with van der Waals surface area (Å²) in [5.74, 6) is -0.116. The lowest BCUT2D eigenvalue weighted by Gasteiger charge is -2.10. The molecule has 0 bridgehead atoms. The van der Waals surface area contributed by atoms with Crippen LogP contribution in [0.25, 0.3) is 11.0 Å². The maximum Gasteiger partial charge on any atom is 0.329 e. The first-order valence-corrected chi connectivity index (χ1v) is 8.20. The highest BCUT2D eigenvalue weighted by molar-refractivity contribution is 5.89. The van der Waals surface area contributed by atoms with E-state index in [0.717, 1.165) is 35.1 Å². The maximum atomic E-state index is 12.9. The Bertz CT molecular complexity index is 980. The highest BCUT2D eigenvalue weighted by Gasteiger charge is 2.28. The molecule has 5 nitrogen and oxygen atoms in total. The van der Waals surface area contributed by atoms with Gasteiger partial charge in [0, 0.05) is 18.7 Å². The monoisotopic (exact) mass is 321 g/mol. The Kier molecular flexibility index (Phi) is 3.49. The molecule has 1 aliphatic rings. The van der Waals surface area contributed by atoms with E-state index >= 15 is 0 Å². The third-order valence-corrected chi connectivity index (χ3v) is 4.44. The molecule has 24 heavy (non-hydrogen) atoms. The number of nitrogens with zero attached hydrogens (tertiary/aromatic N) is 2. The minimum absolute atomic E-state index is 0.0244. The summed E-state index contributed by atoms with van der Waals surface area (Å²) in [4.78, 5) is 24.4. The summed E-state index contributed by atoms with van der Waals surface area (Å²) >= 11 is 0. The summed E-state index contributed by atoms with van der Waals surface area (Å²) < 4.78 is 3.71. The van der Waals surface area contributed by atoms with Gasteiger partial charge in [0.05, 0.1) is 17.6 Å². The first kappa shape index (κ1) is 14.8. The molecule has 1 aliphatic carbocycles. The van der Waals surface area contributed by atoms with Crippen molar-refractivity contribution in [2.75, 3.05) is 5.32 Å². The van der Waals surface area contributed by atoms with Gasteiger partial charge in [0.15, 0.2) is 0 Å². The van der Waals surface area contributed by atoms with Gasteiger partial charge in [-0.05, 0) is 36.6 Å². The standard InChI is InChI=1S/C19H19N3O2/c1-13(23)20-16-7-3-2-6-14(16)12-21-17-8-4-5-9-18(17)22(19(21)24)15-10-11-15/h2-9,15H,10-12H2,1H3,(H,20,23). The van der Waals surface area contributed by atoms with Gasteiger partial charge in [-0.3, -0.25) is 13.9 Å². The van der Waals surface area contributed by atoms with Gasteiger partial charge in [-0.1, -0.05) is 30.3 Å². The normalized spacial score (nSPS) is 14.0. The number of rotatable bonds is 4. The quantitative estimate of drug-likeness (QED) is 0.802. The zero-order valence-corrected chi connectivity index (χ0v) is 13.5. The van der Waals surface area contributed by atoms with Crippen LogP contribution in [0.5, 0.6) is 0 Å². The van der Waals surface area contributed by atoms with Crippen molar-refractivity contribution in [1.82, 2.24) is 9.13 Å². The third-order valence-electron chi connectivity index (χ3n) is 4.44. The van der Waals surface area contributed by atoms with Gasteiger partial charge in [-0.2, -0.15) is 0 Å². The molecule has 122 valence electrons. The molecular formula is C19H19N3O2. The fourth-order valence-corrected chi connectivity index (χ4v) is 3.21. The first-order chi connectivity index (χ1) is 11.6. The number of carbonyl (C=O) groups excluding carboxylic acids is 1. The van der Waals surface area contributed by atoms with Crippen LogP contribution in [0.15, 0.2) is 53.3 Å². The molecule has 0 saturated heterocycles. The van der Waals surface area contributed by atoms with Gasteiger partial charge in [-0.15, -0.1) is 0 Å². The molecule has 0 radical (unpaired) electrons. The molecule has 0 atom stereocenters. The van der Waals surface area contributed by atoms with E-state index in [2.05, 4.69) is 5.32 Å². The molecule has 0 unspecified atom stereocenters. The van der Waals surface area contributed by atoms with Crippen LogP contribution in [0.2, 0.25) is 0 Å². The lowest BCUT2D eigenvalue weighted by atomic mass is 10.1. The molecule has 1 fully saturated rings. The molecule has 2 aromatic carbocycles. The van der Waals surface area contributed by atoms with E-state index in [9.17, 15) is 9.59 Å². The first-order valence-electron chi connectivity index (χ1n) is 8.20. The van der Waals surface area contributed by atoms with Gasteiger partial charge in [-0.25, -0.2) is 4.79 Å². The van der Waals surface area contributed by atoms with Gasteiger partial charge in [0.1, 0.15) is 0 Å². The highest BCUT2D eigenvalue weighted by Crippen LogP contribution is 2.36. The van der Waals surface area contributed by atoms with Crippen LogP contribution in [0.1, 0.15) is 31.4 Å². The summed E-state index contributed by atoms with van der Waals surface area (Å²) in [6.07, 6.45) is 2.13. The Morgan fingerprint density at radius 3 is 2.46 bits per heavy atom. The fraction of sp³-hybridized carbons (Fsp3) is 0.263. The van der Waals surface area contributed by atoms with Crippen LogP contribution in [0.4, 0.5) is 5.69 Å². The van der Waals surface area contributed by atoms with Crippen molar-refractivity contribution >= 4 is 22.6 Å². The molecular weight excluding hydrogens is 302 g/mol. The minimum atomic E-state index is -0.116. The number of benzene rings is 2. The molecule has 1 heterocycles. The number of aromatic nitrogens is 2. The van der Waals surface area contributed by atoms with Crippen LogP contribution in [-0.2, 0) is 11.3 Å². The Hall–Kier alpha value is -2.82. The van der Waals surface area contributed by atoms with Crippen molar-refractivity contribution in [2.45, 2.75) is 32.4 Å². The average molecular weight is 321 g/mol. The van der Waals surface area contributed by atoms with Gasteiger partial charge >= 0.3 is 5.69 Å². The van der Waals surface area contributed by atoms with Crippen molar-refractivity contribution < 1.29 is 4.79 Å². The van der Waals surface area contributed by atoms with Crippen molar-refractivity contribution in [2.24, 2.45) is 0 Å². The van der Waals surface area contributed by atoms with Crippen molar-refractivity contribution in [3.05, 3.63) is 64.6 Å². The maximum absolute atomic E-state index is 12.9. The number of carbonyl (C=O) groups is 1. The summed E-state index contributed by atoms with van der Waals surface area (Å²) in [6.45, 7) is 1.93. The van der Waals surface area contributed by atoms with E-state index in [1.54, 1.807) is 4.57 Å². The Morgan fingerprint density at radius 2 is 1.75 bits per heavy atom. The van der Waals surface area contributed by atoms with Crippen molar-refractivity contribution in [3.8, 4) is 0 Å². The molecule has 1 saturated carbocycles. The molecule has 3 aromatic rings. The second-order valence-electron chi connectivity index (χ2n) is 6.30. The number of fused-ring (bicyclic) bond motifs is 1. The summed E-state index contributed by atoms with van der Waals surface area (Å²) in [6, 6.07) is 15.8. The van der Waals surface area contributed by atoms with Crippen molar-refractivity contribution in [1.29, 1.82) is 0 Å². The zero-order valence-electron chi connectivity index (χ0n) is 13.5. The number of hydrogen-bond acceptors (Lipinski definition) is 2. The smallest absolute Gasteiger partial charge is 0.326 e. The lowest BCUT2D eigenvalue weighted by Crippen LogP contribution is -2.24. The van der Waals surface area contributed by atoms with E-state index in [0.29, 0.717) is 12.6 Å². The second kappa shape index (κ2) is 5.67. The lowest BCUT2D eigenvalue weighted by molar-refractivity contribution is -0.114. The Morgan fingerprint density at radius 1 is 1.08 bits per heavy atom. The molecule has 0 spiro atoms. The molecule has 0 aliphatic heterocycles. The van der Waals surface area contributed by atoms with Crippen LogP contribution < -0.4 is 11.0 Å². The van der Waals surface area contributed by atoms with Crippen LogP contribution in [0.3, 0.4) is 0 Å². The summed E-state index contributed by atoms with van der Waals surface area (Å²) in [5.41, 5.74) is 3.62. The Balaban J connectivity index is 1.83. The predicted molar refractivity (Wildman–Crippen MR) is 94.3 cm³/mol. The fourth-order valence-electron chi connectivity index (χ4n) is 3.21. The average Bonchev–Trinajstić information content (AvgIpc) is 3.35. The summed E-state index contributed by atoms with van der Waals surface area (Å²) in [7, 11) is 0. The molecule has 4 rings (SSSR count). The minimum Gasteiger partial charge on any atom is -0.326 e. The number of anilines is 1. The number of hydrogen-bond donors (Lipinski definition) is 1. The summed E-state index contributed by atoms with van der Waals surface area (Å²) in [5, 5.41) is 2.84. The molecule has 1 aromatic heterocycles. The van der Waals surface area contributed by atoms with Gasteiger partial charge in [0.2, 0.25) is 5.91 Å². The number of amides is 1. The zero-order chi connectivity index (χ0) is 16.7. The van der Waals surface area contributed by atoms with E-state index in [1.165, 1.54) is 6.92 Å². The van der Waals surface area contributed by atoms with E-state index in [4.69, 9.17) is 0 Å². The topological polar surface area (TPSA) is 56.0 Å². The number of imidazole rings is 1. The van der Waals surface area contributed by atoms with Crippen LogP contribution in [0, 0.1) is 0 Å². The number of para-hydroxylation sites is 3. The highest BCUT2D eigenvalue weighted by atomic mass is 16.2. The SMILES string of the molecule is CC(=O)Nc1ccccc1Cn1c(=O)n(C2CC2)c2ccccc21. The predicted octanol–water partition coefficient (Wildman–Crippen LogP) is 3.14. The van der Waals surface area contributed by atoms with Crippen LogP contribution >= 0.6 is 0 Å². The van der Waals surface area contributed by atoms with Crippen molar-refractivity contribution in [3.63, 3.8) is 0 Å². The molecule has 5 heteroatoms. The van der Waals surface area contributed by atoms with Gasteiger partial charge < -0.3 is 5.32 Å². The van der Waals surface area contributed by atoms with Gasteiger partial charge in [0.25, 0.3) is 0 Å². The molecule has 1 N–H and O–H groups in total. The molecule has 1 amide bonds. The van der Waals surface area contributed by atoms with E-state index in [-0.39, 0.29) is 11.6 Å². The number of nitrogens with one attached hydrogen (secondary N) is 1. The second-order valence-corrected chi connectivity index (χ2v) is 6.30. The van der Waals surface area contributed by atoms with E-state index < -0.39 is 0 Å². The Labute approximate surface area is 139 Å². The largest absolute Gasteiger partial charge is 0.329 e. The van der Waals surface area contributed by atoms with Crippen LogP contribution in [-0.4, -0.2) is 15.0 Å².